The van der Waals surface area contributed by atoms with E-state index in [0.717, 1.165) is 23.8 Å². The molecule has 0 saturated heterocycles. The van der Waals surface area contributed by atoms with E-state index in [0.29, 0.717) is 11.1 Å². The topological polar surface area (TPSA) is 104 Å². The molecule has 0 unspecified atom stereocenters. The highest BCUT2D eigenvalue weighted by Gasteiger charge is 2.41. The van der Waals surface area contributed by atoms with E-state index >= 15 is 0 Å². The first-order chi connectivity index (χ1) is 18.3. The number of rotatable bonds is 3. The largest absolute Gasteiger partial charge is 0.466 e. The molecule has 0 saturated carbocycles. The summed E-state index contributed by atoms with van der Waals surface area (Å²) < 4.78 is 46.6. The molecule has 1 N–H and O–H groups in total. The Balaban J connectivity index is 1.99. The minimum absolute atomic E-state index is 0.0277. The van der Waals surface area contributed by atoms with Gasteiger partial charge in [0.2, 0.25) is 5.95 Å². The summed E-state index contributed by atoms with van der Waals surface area (Å²) in [5.74, 6) is 2.21. The van der Waals surface area contributed by atoms with E-state index in [4.69, 9.17) is 4.74 Å². The highest BCUT2D eigenvalue weighted by Crippen LogP contribution is 2.43. The van der Waals surface area contributed by atoms with Gasteiger partial charge in [-0.25, -0.2) is 19.3 Å². The Bertz CT molecular complexity index is 1660. The number of nitrogens with one attached hydrogen (secondary N) is 1. The maximum absolute atomic E-state index is 13.5. The number of aromatic amines is 1. The molecule has 8 nitrogen and oxygen atoms in total. The zero-order chi connectivity index (χ0) is 28.7. The summed E-state index contributed by atoms with van der Waals surface area (Å²) in [6.45, 7) is 7.77. The van der Waals surface area contributed by atoms with Gasteiger partial charge < -0.3 is 4.74 Å². The molecular formula is C27H24F3N5O3Si. The average molecular weight is 552 g/mol. The molecule has 0 spiro atoms. The van der Waals surface area contributed by atoms with Gasteiger partial charge in [0, 0.05) is 16.9 Å². The first-order valence-corrected chi connectivity index (χ1v) is 15.3. The maximum Gasteiger partial charge on any atom is 0.416 e. The third kappa shape index (κ3) is 5.24. The highest BCUT2D eigenvalue weighted by molar-refractivity contribution is 6.83. The molecule has 39 heavy (non-hydrogen) atoms. The van der Waals surface area contributed by atoms with Crippen molar-refractivity contribution < 1.29 is 22.7 Å². The van der Waals surface area contributed by atoms with Crippen molar-refractivity contribution in [1.82, 2.24) is 14.8 Å². The van der Waals surface area contributed by atoms with Gasteiger partial charge in [0.1, 0.15) is 14.1 Å². The van der Waals surface area contributed by atoms with Crippen LogP contribution in [-0.2, 0) is 15.7 Å². The number of nitrogens with zero attached hydrogens (tertiary/aromatic N) is 4. The molecule has 200 valence electrons. The fraction of sp³-hybridized carbons (Fsp3) is 0.259. The molecule has 2 heterocycles. The molecule has 0 amide bonds. The van der Waals surface area contributed by atoms with E-state index in [2.05, 4.69) is 47.4 Å². The number of alkyl halides is 3. The van der Waals surface area contributed by atoms with Crippen molar-refractivity contribution in [2.24, 2.45) is 0 Å². The van der Waals surface area contributed by atoms with Crippen molar-refractivity contribution in [2.45, 2.75) is 38.8 Å². The summed E-state index contributed by atoms with van der Waals surface area (Å²) in [6, 6.07) is 10.3. The van der Waals surface area contributed by atoms with Crippen molar-refractivity contribution in [2.75, 3.05) is 12.0 Å². The lowest BCUT2D eigenvalue weighted by atomic mass is 9.90. The van der Waals surface area contributed by atoms with Gasteiger partial charge >= 0.3 is 17.8 Å². The number of fused-ring (bicyclic) bond motifs is 1. The van der Waals surface area contributed by atoms with E-state index in [1.807, 2.05) is 0 Å². The summed E-state index contributed by atoms with van der Waals surface area (Å²) in [5, 5.41) is 16.4. The minimum atomic E-state index is -4.62. The number of carbonyl (C=O) groups is 1. The molecule has 0 fully saturated rings. The number of esters is 1. The Morgan fingerprint density at radius 1 is 1.18 bits per heavy atom. The minimum Gasteiger partial charge on any atom is -0.466 e. The number of benzene rings is 2. The second-order valence-electron chi connectivity index (χ2n) is 9.89. The molecular weight excluding hydrogens is 527 g/mol. The van der Waals surface area contributed by atoms with Crippen LogP contribution in [0, 0.1) is 22.8 Å². The fourth-order valence-corrected chi connectivity index (χ4v) is 4.83. The van der Waals surface area contributed by atoms with Crippen LogP contribution in [0.15, 0.2) is 58.5 Å². The van der Waals surface area contributed by atoms with Crippen molar-refractivity contribution in [3.63, 3.8) is 0 Å². The number of allylic oxidation sites excluding steroid dienone is 1. The third-order valence-corrected chi connectivity index (χ3v) is 6.90. The Morgan fingerprint density at radius 2 is 1.90 bits per heavy atom. The van der Waals surface area contributed by atoms with Crippen LogP contribution >= 0.6 is 0 Å². The van der Waals surface area contributed by atoms with E-state index in [1.54, 1.807) is 18.2 Å². The number of hydrogen-bond acceptors (Lipinski definition) is 6. The number of halogens is 3. The molecule has 1 aliphatic heterocycles. The van der Waals surface area contributed by atoms with Gasteiger partial charge in [0.25, 0.3) is 0 Å². The number of methoxy groups -OCH3 is 1. The first-order valence-electron chi connectivity index (χ1n) is 11.8. The number of hydrogen-bond donors (Lipinski definition) is 1. The molecule has 0 bridgehead atoms. The van der Waals surface area contributed by atoms with Crippen molar-refractivity contribution in [3.05, 3.63) is 86.5 Å². The van der Waals surface area contributed by atoms with Gasteiger partial charge in [-0.3, -0.25) is 4.90 Å². The number of aromatic nitrogens is 3. The summed E-state index contributed by atoms with van der Waals surface area (Å²) in [6.07, 6.45) is -4.62. The second kappa shape index (κ2) is 9.96. The second-order valence-corrected chi connectivity index (χ2v) is 14.6. The maximum atomic E-state index is 13.5. The van der Waals surface area contributed by atoms with E-state index in [1.165, 1.54) is 24.0 Å². The lowest BCUT2D eigenvalue weighted by Gasteiger charge is -2.35. The molecule has 1 aliphatic rings. The lowest BCUT2D eigenvalue weighted by Crippen LogP contribution is -2.38. The molecule has 1 aromatic heterocycles. The average Bonchev–Trinajstić information content (AvgIpc) is 3.26. The normalized spacial score (nSPS) is 15.3. The van der Waals surface area contributed by atoms with Crippen LogP contribution in [0.2, 0.25) is 19.6 Å². The highest BCUT2D eigenvalue weighted by atomic mass is 28.3. The Hall–Kier alpha value is -4.55. The standard InChI is InChI=1S/C27H24F3N5O3Si/c1-16-22(24(36)38-2)23(21-10-9-17(13-18(21)15-31)11-12-39(3,4)5)35-25(32-33-26(35)37)34(16)20-8-6-7-19(14-20)27(28,29)30/h6-10,13-14,23H,1-5H3,(H,33,37)/t23-/m1/s1. The number of ether oxygens (including phenoxy) is 1. The molecule has 3 aromatic rings. The first kappa shape index (κ1) is 27.5. The van der Waals surface area contributed by atoms with Gasteiger partial charge in [-0.2, -0.15) is 18.4 Å². The molecule has 0 radical (unpaired) electrons. The monoisotopic (exact) mass is 551 g/mol. The zero-order valence-corrected chi connectivity index (χ0v) is 22.8. The molecule has 4 rings (SSSR count). The summed E-state index contributed by atoms with van der Waals surface area (Å²) >= 11 is 0. The Kier molecular flexibility index (Phi) is 7.02. The van der Waals surface area contributed by atoms with Gasteiger partial charge in [0.05, 0.1) is 29.9 Å². The van der Waals surface area contributed by atoms with Crippen LogP contribution in [0.3, 0.4) is 0 Å². The SMILES string of the molecule is COC(=O)C1=C(C)N(c2cccc(C(F)(F)F)c2)c2n[nH]c(=O)n2[C@@H]1c1ccc(C#C[Si](C)(C)C)cc1C#N. The van der Waals surface area contributed by atoms with Crippen molar-refractivity contribution >= 4 is 25.7 Å². The zero-order valence-electron chi connectivity index (χ0n) is 21.8. The predicted octanol–water partition coefficient (Wildman–Crippen LogP) is 4.88. The molecule has 12 heteroatoms. The van der Waals surface area contributed by atoms with Crippen LogP contribution < -0.4 is 10.6 Å². The molecule has 2 aromatic carbocycles. The number of carbonyl (C=O) groups excluding carboxylic acids is 1. The van der Waals surface area contributed by atoms with Gasteiger partial charge in [-0.1, -0.05) is 37.7 Å². The summed E-state index contributed by atoms with van der Waals surface area (Å²) in [4.78, 5) is 27.5. The molecule has 0 aliphatic carbocycles. The van der Waals surface area contributed by atoms with Gasteiger partial charge in [-0.05, 0) is 42.8 Å². The molecule has 1 atom stereocenters. The Labute approximate surface area is 223 Å². The fourth-order valence-electron chi connectivity index (χ4n) is 4.31. The van der Waals surface area contributed by atoms with E-state index < -0.39 is 37.5 Å². The summed E-state index contributed by atoms with van der Waals surface area (Å²) in [5.41, 5.74) is 2.83. The van der Waals surface area contributed by atoms with Gasteiger partial charge in [-0.15, -0.1) is 10.6 Å². The van der Waals surface area contributed by atoms with Crippen LogP contribution in [0.1, 0.15) is 35.2 Å². The van der Waals surface area contributed by atoms with Crippen LogP contribution in [0.25, 0.3) is 0 Å². The van der Waals surface area contributed by atoms with Crippen LogP contribution in [0.4, 0.5) is 24.8 Å². The summed E-state index contributed by atoms with van der Waals surface area (Å²) in [7, 11) is -0.547. The van der Waals surface area contributed by atoms with Crippen molar-refractivity contribution in [3.8, 4) is 17.5 Å². The smallest absolute Gasteiger partial charge is 0.416 e. The number of H-pyrrole nitrogens is 1. The quantitative estimate of drug-likeness (QED) is 0.283. The third-order valence-electron chi connectivity index (χ3n) is 6.03. The van der Waals surface area contributed by atoms with Crippen LogP contribution in [0.5, 0.6) is 0 Å². The predicted molar refractivity (Wildman–Crippen MR) is 141 cm³/mol. The number of nitriles is 1. The lowest BCUT2D eigenvalue weighted by molar-refractivity contribution is -0.138. The van der Waals surface area contributed by atoms with E-state index in [-0.39, 0.29) is 28.5 Å². The van der Waals surface area contributed by atoms with Crippen LogP contribution in [-0.4, -0.2) is 35.9 Å². The van der Waals surface area contributed by atoms with Gasteiger partial charge in [0.15, 0.2) is 0 Å². The van der Waals surface area contributed by atoms with E-state index in [9.17, 15) is 28.0 Å². The van der Waals surface area contributed by atoms with Crippen molar-refractivity contribution in [1.29, 1.82) is 5.26 Å². The Morgan fingerprint density at radius 3 is 2.51 bits per heavy atom. The number of anilines is 2.